The zero-order valence-corrected chi connectivity index (χ0v) is 8.62. The fraction of sp³-hybridized carbons (Fsp3) is 0.700. The van der Waals surface area contributed by atoms with Crippen LogP contribution in [0.15, 0.2) is 11.6 Å². The van der Waals surface area contributed by atoms with Crippen molar-refractivity contribution in [2.24, 2.45) is 0 Å². The quantitative estimate of drug-likeness (QED) is 0.277. The van der Waals surface area contributed by atoms with Crippen LogP contribution in [0.3, 0.4) is 0 Å². The van der Waals surface area contributed by atoms with Gasteiger partial charge in [0.05, 0.1) is 19.8 Å². The number of epoxide rings is 1. The Balaban J connectivity index is 1.94. The predicted octanol–water partition coefficient (Wildman–Crippen LogP) is 0.911. The molecule has 0 bridgehead atoms. The second kappa shape index (κ2) is 5.78. The normalized spacial score (nSPS) is 20.7. The summed E-state index contributed by atoms with van der Waals surface area (Å²) in [5.41, 5.74) is 0.621. The summed E-state index contributed by atoms with van der Waals surface area (Å²) in [5.74, 6) is -0.279. The van der Waals surface area contributed by atoms with Crippen molar-refractivity contribution in [1.82, 2.24) is 0 Å². The smallest absolute Gasteiger partial charge is 0.333 e. The standard InChI is InChI=1S/C10H16O4/c1-3-8(2)10(11)13-5-4-12-6-9-7-14-9/h3,9H,4-7H2,1-2H3. The highest BCUT2D eigenvalue weighted by Gasteiger charge is 2.22. The SMILES string of the molecule is CC=C(C)C(=O)OCCOCC1CO1. The first-order valence-corrected chi connectivity index (χ1v) is 4.73. The van der Waals surface area contributed by atoms with Crippen LogP contribution in [-0.4, -0.2) is 38.5 Å². The minimum Gasteiger partial charge on any atom is -0.460 e. The van der Waals surface area contributed by atoms with Gasteiger partial charge in [0.25, 0.3) is 0 Å². The highest BCUT2D eigenvalue weighted by molar-refractivity contribution is 5.87. The first kappa shape index (κ1) is 11.2. The van der Waals surface area contributed by atoms with Crippen LogP contribution in [0.2, 0.25) is 0 Å². The maximum absolute atomic E-state index is 11.1. The molecule has 0 amide bonds. The number of carbonyl (C=O) groups is 1. The number of esters is 1. The first-order valence-electron chi connectivity index (χ1n) is 4.73. The lowest BCUT2D eigenvalue weighted by Gasteiger charge is -2.04. The van der Waals surface area contributed by atoms with Crippen molar-refractivity contribution in [3.05, 3.63) is 11.6 Å². The molecule has 1 saturated heterocycles. The van der Waals surface area contributed by atoms with Crippen molar-refractivity contribution in [2.45, 2.75) is 20.0 Å². The Morgan fingerprint density at radius 2 is 2.29 bits per heavy atom. The van der Waals surface area contributed by atoms with E-state index in [-0.39, 0.29) is 12.1 Å². The van der Waals surface area contributed by atoms with Crippen LogP contribution in [0.5, 0.6) is 0 Å². The Morgan fingerprint density at radius 3 is 2.86 bits per heavy atom. The van der Waals surface area contributed by atoms with Crippen LogP contribution in [0.1, 0.15) is 13.8 Å². The lowest BCUT2D eigenvalue weighted by molar-refractivity contribution is -0.140. The molecule has 0 saturated carbocycles. The molecule has 0 aromatic carbocycles. The molecule has 0 aliphatic carbocycles. The fourth-order valence-corrected chi connectivity index (χ4v) is 0.804. The summed E-state index contributed by atoms with van der Waals surface area (Å²) in [6, 6.07) is 0. The highest BCUT2D eigenvalue weighted by Crippen LogP contribution is 2.08. The Labute approximate surface area is 83.8 Å². The van der Waals surface area contributed by atoms with Gasteiger partial charge < -0.3 is 14.2 Å². The number of allylic oxidation sites excluding steroid dienone is 1. The topological polar surface area (TPSA) is 48.1 Å². The molecule has 1 atom stereocenters. The molecule has 0 spiro atoms. The van der Waals surface area contributed by atoms with Crippen LogP contribution >= 0.6 is 0 Å². The monoisotopic (exact) mass is 200 g/mol. The zero-order chi connectivity index (χ0) is 10.4. The molecule has 0 radical (unpaired) electrons. The molecular formula is C10H16O4. The number of rotatable bonds is 6. The molecule has 0 aromatic heterocycles. The third-order valence-electron chi connectivity index (χ3n) is 1.92. The minimum absolute atomic E-state index is 0.267. The van der Waals surface area contributed by atoms with Gasteiger partial charge in [0.15, 0.2) is 0 Å². The summed E-state index contributed by atoms with van der Waals surface area (Å²) in [6.45, 7) is 5.65. The van der Waals surface area contributed by atoms with Crippen molar-refractivity contribution < 1.29 is 19.0 Å². The van der Waals surface area contributed by atoms with E-state index in [2.05, 4.69) is 0 Å². The lowest BCUT2D eigenvalue weighted by Crippen LogP contribution is -2.13. The summed E-state index contributed by atoms with van der Waals surface area (Å²) < 4.78 is 15.1. The largest absolute Gasteiger partial charge is 0.460 e. The van der Waals surface area contributed by atoms with Gasteiger partial charge in [-0.05, 0) is 13.8 Å². The van der Waals surface area contributed by atoms with E-state index in [0.717, 1.165) is 6.61 Å². The van der Waals surface area contributed by atoms with E-state index in [0.29, 0.717) is 25.4 Å². The van der Waals surface area contributed by atoms with Gasteiger partial charge in [0.1, 0.15) is 12.7 Å². The fourth-order valence-electron chi connectivity index (χ4n) is 0.804. The van der Waals surface area contributed by atoms with Crippen molar-refractivity contribution in [3.63, 3.8) is 0 Å². The zero-order valence-electron chi connectivity index (χ0n) is 8.62. The summed E-state index contributed by atoms with van der Waals surface area (Å²) in [7, 11) is 0. The number of hydrogen-bond donors (Lipinski definition) is 0. The molecular weight excluding hydrogens is 184 g/mol. The van der Waals surface area contributed by atoms with Crippen molar-refractivity contribution in [2.75, 3.05) is 26.4 Å². The second-order valence-corrected chi connectivity index (χ2v) is 3.14. The number of carbonyl (C=O) groups excluding carboxylic acids is 1. The van der Waals surface area contributed by atoms with E-state index < -0.39 is 0 Å². The average Bonchev–Trinajstić information content (AvgIpc) is 2.99. The molecule has 1 rings (SSSR count). The third kappa shape index (κ3) is 4.39. The molecule has 80 valence electrons. The van der Waals surface area contributed by atoms with E-state index in [9.17, 15) is 4.79 Å². The molecule has 1 unspecified atom stereocenters. The highest BCUT2D eigenvalue weighted by atomic mass is 16.6. The summed E-state index contributed by atoms with van der Waals surface area (Å²) in [6.07, 6.45) is 1.99. The van der Waals surface area contributed by atoms with Crippen LogP contribution in [0.4, 0.5) is 0 Å². The lowest BCUT2D eigenvalue weighted by atomic mass is 10.3. The maximum atomic E-state index is 11.1. The summed E-state index contributed by atoms with van der Waals surface area (Å²) >= 11 is 0. The van der Waals surface area contributed by atoms with E-state index in [4.69, 9.17) is 14.2 Å². The molecule has 1 heterocycles. The number of ether oxygens (including phenoxy) is 3. The molecule has 4 heteroatoms. The van der Waals surface area contributed by atoms with Crippen LogP contribution < -0.4 is 0 Å². The van der Waals surface area contributed by atoms with Crippen molar-refractivity contribution in [1.29, 1.82) is 0 Å². The van der Waals surface area contributed by atoms with Crippen LogP contribution in [0.25, 0.3) is 0 Å². The van der Waals surface area contributed by atoms with Gasteiger partial charge in [0, 0.05) is 5.57 Å². The first-order chi connectivity index (χ1) is 6.74. The molecule has 14 heavy (non-hydrogen) atoms. The van der Waals surface area contributed by atoms with Crippen molar-refractivity contribution >= 4 is 5.97 Å². The minimum atomic E-state index is -0.279. The van der Waals surface area contributed by atoms with E-state index in [1.807, 2.05) is 0 Å². The number of hydrogen-bond acceptors (Lipinski definition) is 4. The van der Waals surface area contributed by atoms with Crippen LogP contribution in [0, 0.1) is 0 Å². The van der Waals surface area contributed by atoms with Gasteiger partial charge in [-0.2, -0.15) is 0 Å². The summed E-state index contributed by atoms with van der Waals surface area (Å²) in [4.78, 5) is 11.1. The van der Waals surface area contributed by atoms with Gasteiger partial charge in [0.2, 0.25) is 0 Å². The van der Waals surface area contributed by atoms with Gasteiger partial charge in [-0.3, -0.25) is 0 Å². The average molecular weight is 200 g/mol. The van der Waals surface area contributed by atoms with Crippen molar-refractivity contribution in [3.8, 4) is 0 Å². The van der Waals surface area contributed by atoms with E-state index in [1.165, 1.54) is 0 Å². The second-order valence-electron chi connectivity index (χ2n) is 3.14. The molecule has 1 aliphatic rings. The maximum Gasteiger partial charge on any atom is 0.333 e. The van der Waals surface area contributed by atoms with Gasteiger partial charge in [-0.1, -0.05) is 6.08 Å². The Bertz CT molecular complexity index is 218. The molecule has 1 fully saturated rings. The van der Waals surface area contributed by atoms with Gasteiger partial charge in [-0.15, -0.1) is 0 Å². The molecule has 4 nitrogen and oxygen atoms in total. The molecule has 1 aliphatic heterocycles. The Kier molecular flexibility index (Phi) is 4.62. The Hall–Kier alpha value is -0.870. The molecule has 0 N–H and O–H groups in total. The van der Waals surface area contributed by atoms with E-state index in [1.54, 1.807) is 19.9 Å². The van der Waals surface area contributed by atoms with Gasteiger partial charge >= 0.3 is 5.97 Å². The van der Waals surface area contributed by atoms with Gasteiger partial charge in [-0.25, -0.2) is 4.79 Å². The van der Waals surface area contributed by atoms with Crippen LogP contribution in [-0.2, 0) is 19.0 Å². The predicted molar refractivity (Wildman–Crippen MR) is 50.9 cm³/mol. The van der Waals surface area contributed by atoms with E-state index >= 15 is 0 Å². The third-order valence-corrected chi connectivity index (χ3v) is 1.92. The Morgan fingerprint density at radius 1 is 1.57 bits per heavy atom. The molecule has 0 aromatic rings. The summed E-state index contributed by atoms with van der Waals surface area (Å²) in [5, 5.41) is 0.